The molecule has 0 spiro atoms. The van der Waals surface area contributed by atoms with Crippen LogP contribution in [0.5, 0.6) is 5.75 Å². The summed E-state index contributed by atoms with van der Waals surface area (Å²) in [5, 5.41) is 10.5. The fourth-order valence-corrected chi connectivity index (χ4v) is 2.86. The quantitative estimate of drug-likeness (QED) is 0.571. The van der Waals surface area contributed by atoms with Gasteiger partial charge in [0.2, 0.25) is 0 Å². The molecule has 1 heterocycles. The molecule has 2 N–H and O–H groups in total. The Morgan fingerprint density at radius 2 is 2.10 bits per heavy atom. The van der Waals surface area contributed by atoms with Gasteiger partial charge in [-0.1, -0.05) is 30.0 Å². The zero-order valence-corrected chi connectivity index (χ0v) is 12.3. The highest BCUT2D eigenvalue weighted by Gasteiger charge is 2.13. The van der Waals surface area contributed by atoms with Crippen molar-refractivity contribution in [2.24, 2.45) is 0 Å². The molecule has 2 aromatic carbocycles. The monoisotopic (exact) mass is 298 g/mol. The molecule has 3 rings (SSSR count). The van der Waals surface area contributed by atoms with E-state index < -0.39 is 0 Å². The molecular weight excluding hydrogens is 284 g/mol. The third kappa shape index (κ3) is 2.92. The second-order valence-corrected chi connectivity index (χ2v) is 5.76. The van der Waals surface area contributed by atoms with Gasteiger partial charge in [0.15, 0.2) is 10.9 Å². The van der Waals surface area contributed by atoms with Crippen LogP contribution in [-0.4, -0.2) is 26.6 Å². The van der Waals surface area contributed by atoms with Crippen molar-refractivity contribution in [2.75, 3.05) is 5.75 Å². The molecule has 0 aliphatic carbocycles. The van der Waals surface area contributed by atoms with Crippen LogP contribution in [0.1, 0.15) is 15.9 Å². The van der Waals surface area contributed by atoms with Crippen molar-refractivity contribution in [1.82, 2.24) is 9.97 Å². The highest BCUT2D eigenvalue weighted by atomic mass is 32.2. The van der Waals surface area contributed by atoms with E-state index in [-0.39, 0.29) is 17.3 Å². The number of aryl methyl sites for hydroxylation is 1. The number of nitrogens with one attached hydrogen (secondary N) is 1. The first-order valence-corrected chi connectivity index (χ1v) is 7.52. The predicted molar refractivity (Wildman–Crippen MR) is 84.0 cm³/mol. The summed E-state index contributed by atoms with van der Waals surface area (Å²) in [5.41, 5.74) is 3.11. The third-order valence-corrected chi connectivity index (χ3v) is 4.03. The number of carbonyl (C=O) groups excluding carboxylic acids is 1. The van der Waals surface area contributed by atoms with Crippen LogP contribution in [0.3, 0.4) is 0 Å². The number of carbonyl (C=O) groups is 1. The normalized spacial score (nSPS) is 10.9. The molecule has 5 heteroatoms. The number of Topliss-reactive ketones (excluding diaryl/α,β-unsaturated/α-hetero) is 1. The molecule has 0 fully saturated rings. The van der Waals surface area contributed by atoms with E-state index in [1.54, 1.807) is 12.1 Å². The van der Waals surface area contributed by atoms with E-state index in [1.165, 1.54) is 11.8 Å². The number of H-pyrrole nitrogens is 1. The topological polar surface area (TPSA) is 66.0 Å². The predicted octanol–water partition coefficient (Wildman–Crippen LogP) is 3.55. The Kier molecular flexibility index (Phi) is 3.66. The minimum atomic E-state index is -0.113. The van der Waals surface area contributed by atoms with Crippen molar-refractivity contribution in [1.29, 1.82) is 0 Å². The Labute approximate surface area is 126 Å². The standard InChI is InChI=1S/C16H14N2O2S/c1-10-6-7-11(14(19)8-10)15(20)9-21-16-17-12-4-2-3-5-13(12)18-16/h2-8,19H,9H2,1H3,(H,17,18). The lowest BCUT2D eigenvalue weighted by Gasteiger charge is -2.03. The Hall–Kier alpha value is -2.27. The van der Waals surface area contributed by atoms with E-state index in [1.807, 2.05) is 37.3 Å². The summed E-state index contributed by atoms with van der Waals surface area (Å²) in [5.74, 6) is 0.152. The second-order valence-electron chi connectivity index (χ2n) is 4.79. The fraction of sp³-hybridized carbons (Fsp3) is 0.125. The summed E-state index contributed by atoms with van der Waals surface area (Å²) in [4.78, 5) is 19.7. The lowest BCUT2D eigenvalue weighted by molar-refractivity contribution is 0.102. The van der Waals surface area contributed by atoms with E-state index >= 15 is 0 Å². The molecule has 0 amide bonds. The number of aromatic amines is 1. The molecule has 0 radical (unpaired) electrons. The summed E-state index contributed by atoms with van der Waals surface area (Å²) in [7, 11) is 0. The second kappa shape index (κ2) is 5.61. The number of phenolic OH excluding ortho intramolecular Hbond substituents is 1. The van der Waals surface area contributed by atoms with Crippen LogP contribution >= 0.6 is 11.8 Å². The van der Waals surface area contributed by atoms with Crippen LogP contribution in [0.25, 0.3) is 11.0 Å². The number of thioether (sulfide) groups is 1. The molecule has 3 aromatic rings. The number of hydrogen-bond acceptors (Lipinski definition) is 4. The van der Waals surface area contributed by atoms with Crippen LogP contribution < -0.4 is 0 Å². The molecule has 0 saturated heterocycles. The van der Waals surface area contributed by atoms with Crippen molar-refractivity contribution in [3.05, 3.63) is 53.6 Å². The van der Waals surface area contributed by atoms with Crippen molar-refractivity contribution >= 4 is 28.6 Å². The molecule has 1 aromatic heterocycles. The Morgan fingerprint density at radius 3 is 2.86 bits per heavy atom. The summed E-state index contributed by atoms with van der Waals surface area (Å²) < 4.78 is 0. The highest BCUT2D eigenvalue weighted by Crippen LogP contribution is 2.23. The summed E-state index contributed by atoms with van der Waals surface area (Å²) in [6, 6.07) is 12.8. The van der Waals surface area contributed by atoms with Gasteiger partial charge >= 0.3 is 0 Å². The van der Waals surface area contributed by atoms with Gasteiger partial charge < -0.3 is 10.1 Å². The molecule has 4 nitrogen and oxygen atoms in total. The lowest BCUT2D eigenvalue weighted by Crippen LogP contribution is -2.03. The molecule has 0 bridgehead atoms. The first-order valence-electron chi connectivity index (χ1n) is 6.54. The molecular formula is C16H14N2O2S. The van der Waals surface area contributed by atoms with Gasteiger partial charge in [0.25, 0.3) is 0 Å². The highest BCUT2D eigenvalue weighted by molar-refractivity contribution is 7.99. The van der Waals surface area contributed by atoms with E-state index in [2.05, 4.69) is 9.97 Å². The van der Waals surface area contributed by atoms with Crippen LogP contribution in [0, 0.1) is 6.92 Å². The van der Waals surface area contributed by atoms with Gasteiger partial charge in [-0.05, 0) is 36.8 Å². The first kappa shape index (κ1) is 13.7. The van der Waals surface area contributed by atoms with Gasteiger partial charge in [-0.15, -0.1) is 0 Å². The van der Waals surface area contributed by atoms with E-state index in [4.69, 9.17) is 0 Å². The van der Waals surface area contributed by atoms with Gasteiger partial charge in [-0.25, -0.2) is 4.98 Å². The number of imidazole rings is 1. The largest absolute Gasteiger partial charge is 0.507 e. The molecule has 0 atom stereocenters. The van der Waals surface area contributed by atoms with Crippen LogP contribution in [0.4, 0.5) is 0 Å². The maximum Gasteiger partial charge on any atom is 0.176 e. The zero-order chi connectivity index (χ0) is 14.8. The smallest absolute Gasteiger partial charge is 0.176 e. The summed E-state index contributed by atoms with van der Waals surface area (Å²) >= 11 is 1.33. The van der Waals surface area contributed by atoms with Crippen molar-refractivity contribution < 1.29 is 9.90 Å². The number of rotatable bonds is 4. The molecule has 21 heavy (non-hydrogen) atoms. The fourth-order valence-electron chi connectivity index (χ4n) is 2.09. The van der Waals surface area contributed by atoms with Gasteiger partial charge in [-0.3, -0.25) is 4.79 Å². The van der Waals surface area contributed by atoms with Crippen LogP contribution in [0.15, 0.2) is 47.6 Å². The van der Waals surface area contributed by atoms with Crippen molar-refractivity contribution in [3.8, 4) is 5.75 Å². The van der Waals surface area contributed by atoms with Crippen LogP contribution in [-0.2, 0) is 0 Å². The maximum atomic E-state index is 12.1. The maximum absolute atomic E-state index is 12.1. The Morgan fingerprint density at radius 1 is 1.29 bits per heavy atom. The van der Waals surface area contributed by atoms with Gasteiger partial charge in [-0.2, -0.15) is 0 Å². The number of nitrogens with zero attached hydrogens (tertiary/aromatic N) is 1. The SMILES string of the molecule is Cc1ccc(C(=O)CSc2nc3ccccc3[nH]2)c(O)c1. The number of fused-ring (bicyclic) bond motifs is 1. The van der Waals surface area contributed by atoms with Gasteiger partial charge in [0, 0.05) is 0 Å². The third-order valence-electron chi connectivity index (χ3n) is 3.16. The number of aromatic hydroxyl groups is 1. The number of hydrogen-bond donors (Lipinski definition) is 2. The van der Waals surface area contributed by atoms with Crippen molar-refractivity contribution in [2.45, 2.75) is 12.1 Å². The minimum Gasteiger partial charge on any atom is -0.507 e. The van der Waals surface area contributed by atoms with Gasteiger partial charge in [0.05, 0.1) is 22.3 Å². The molecule has 0 aliphatic rings. The summed E-state index contributed by atoms with van der Waals surface area (Å²) in [6.07, 6.45) is 0. The van der Waals surface area contributed by atoms with Crippen molar-refractivity contribution in [3.63, 3.8) is 0 Å². The zero-order valence-electron chi connectivity index (χ0n) is 11.5. The minimum absolute atomic E-state index is 0.0326. The number of ketones is 1. The first-order chi connectivity index (χ1) is 10.1. The average Bonchev–Trinajstić information content (AvgIpc) is 2.87. The van der Waals surface area contributed by atoms with E-state index in [0.717, 1.165) is 16.6 Å². The molecule has 0 saturated carbocycles. The summed E-state index contributed by atoms with van der Waals surface area (Å²) in [6.45, 7) is 1.87. The number of aromatic nitrogens is 2. The average molecular weight is 298 g/mol. The van der Waals surface area contributed by atoms with Crippen LogP contribution in [0.2, 0.25) is 0 Å². The Bertz CT molecular complexity index is 778. The number of para-hydroxylation sites is 2. The number of phenols is 1. The molecule has 0 unspecified atom stereocenters. The van der Waals surface area contributed by atoms with E-state index in [0.29, 0.717) is 10.7 Å². The lowest BCUT2D eigenvalue weighted by atomic mass is 10.1. The van der Waals surface area contributed by atoms with Gasteiger partial charge in [0.1, 0.15) is 5.75 Å². The van der Waals surface area contributed by atoms with E-state index in [9.17, 15) is 9.90 Å². The Balaban J connectivity index is 1.73. The number of benzene rings is 2. The molecule has 0 aliphatic heterocycles. The molecule has 106 valence electrons.